The fourth-order valence-electron chi connectivity index (χ4n) is 5.74. The van der Waals surface area contributed by atoms with Crippen LogP contribution in [0.15, 0.2) is 37.1 Å². The van der Waals surface area contributed by atoms with Crippen molar-refractivity contribution in [2.24, 2.45) is 17.3 Å². The van der Waals surface area contributed by atoms with Gasteiger partial charge in [0, 0.05) is 43.5 Å². The van der Waals surface area contributed by atoms with Gasteiger partial charge in [-0.3, -0.25) is 9.59 Å². The third-order valence-corrected chi connectivity index (χ3v) is 7.30. The normalized spacial score (nSPS) is 31.7. The number of nitrogens with one attached hydrogen (secondary N) is 3. The van der Waals surface area contributed by atoms with Gasteiger partial charge in [-0.1, -0.05) is 6.92 Å². The van der Waals surface area contributed by atoms with E-state index < -0.39 is 5.66 Å². The summed E-state index contributed by atoms with van der Waals surface area (Å²) >= 11 is 0. The fraction of sp³-hybridized carbons (Fsp3) is 0.545. The zero-order valence-electron chi connectivity index (χ0n) is 17.2. The standard InChI is InChI=1S/C22H28N6O2/c1-21-6-5-15(12-17(21)20(30)25-8-3-10-28-11-9-23-14-28)22(13-21)26-18-16(19(29)27-22)4-2-7-24-18/h2,4,7,9,11,14-15,17H,3,5-6,8,10,12-13H2,1H3,(H,24,26)(H,25,30)(H,27,29). The Labute approximate surface area is 175 Å². The molecule has 2 aromatic heterocycles. The summed E-state index contributed by atoms with van der Waals surface area (Å²) in [5.74, 6) is 0.897. The molecule has 1 aliphatic heterocycles. The van der Waals surface area contributed by atoms with Crippen LogP contribution >= 0.6 is 0 Å². The first kappa shape index (κ1) is 19.1. The number of imidazole rings is 1. The molecule has 8 nitrogen and oxygen atoms in total. The Morgan fingerprint density at radius 2 is 2.27 bits per heavy atom. The molecular weight excluding hydrogens is 380 g/mol. The van der Waals surface area contributed by atoms with Gasteiger partial charge in [0.1, 0.15) is 11.5 Å². The van der Waals surface area contributed by atoms with Crippen molar-refractivity contribution in [1.29, 1.82) is 0 Å². The molecule has 2 bridgehead atoms. The molecule has 6 rings (SSSR count). The van der Waals surface area contributed by atoms with Crippen LogP contribution in [0, 0.1) is 17.3 Å². The second-order valence-corrected chi connectivity index (χ2v) is 9.25. The van der Waals surface area contributed by atoms with Crippen molar-refractivity contribution in [3.63, 3.8) is 0 Å². The number of carbonyl (C=O) groups is 2. The van der Waals surface area contributed by atoms with Crippen LogP contribution in [0.5, 0.6) is 0 Å². The highest BCUT2D eigenvalue weighted by Crippen LogP contribution is 2.58. The van der Waals surface area contributed by atoms with Gasteiger partial charge in [-0.05, 0) is 49.7 Å². The topological polar surface area (TPSA) is 101 Å². The van der Waals surface area contributed by atoms with Crippen LogP contribution in [0.2, 0.25) is 0 Å². The first-order chi connectivity index (χ1) is 14.5. The summed E-state index contributed by atoms with van der Waals surface area (Å²) in [6.07, 6.45) is 11.6. The van der Waals surface area contributed by atoms with E-state index in [1.165, 1.54) is 0 Å². The molecule has 30 heavy (non-hydrogen) atoms. The Morgan fingerprint density at radius 3 is 3.07 bits per heavy atom. The Morgan fingerprint density at radius 1 is 1.37 bits per heavy atom. The number of amides is 2. The van der Waals surface area contributed by atoms with Crippen molar-refractivity contribution in [2.45, 2.75) is 51.2 Å². The summed E-state index contributed by atoms with van der Waals surface area (Å²) < 4.78 is 2.02. The van der Waals surface area contributed by atoms with E-state index in [0.717, 1.165) is 38.6 Å². The fourth-order valence-corrected chi connectivity index (χ4v) is 5.74. The zero-order valence-corrected chi connectivity index (χ0v) is 17.2. The van der Waals surface area contributed by atoms with E-state index >= 15 is 0 Å². The molecule has 3 fully saturated rings. The maximum absolute atomic E-state index is 13.0. The van der Waals surface area contributed by atoms with E-state index in [4.69, 9.17) is 0 Å². The van der Waals surface area contributed by atoms with Crippen LogP contribution in [0.3, 0.4) is 0 Å². The molecular formula is C22H28N6O2. The van der Waals surface area contributed by atoms with Crippen LogP contribution in [0.4, 0.5) is 5.82 Å². The van der Waals surface area contributed by atoms with Crippen molar-refractivity contribution in [3.05, 3.63) is 42.6 Å². The molecule has 0 radical (unpaired) electrons. The first-order valence-electron chi connectivity index (χ1n) is 10.8. The lowest BCUT2D eigenvalue weighted by atomic mass is 9.51. The molecule has 4 aliphatic rings. The summed E-state index contributed by atoms with van der Waals surface area (Å²) in [6.45, 7) is 3.70. The second-order valence-electron chi connectivity index (χ2n) is 9.25. The molecule has 158 valence electrons. The Kier molecular flexibility index (Phi) is 4.52. The molecule has 3 saturated carbocycles. The quantitative estimate of drug-likeness (QED) is 0.658. The summed E-state index contributed by atoms with van der Waals surface area (Å²) in [5.41, 5.74) is -0.0822. The average Bonchev–Trinajstić information content (AvgIpc) is 3.24. The van der Waals surface area contributed by atoms with Gasteiger partial charge in [0.25, 0.3) is 5.91 Å². The number of hydrogen-bond donors (Lipinski definition) is 3. The molecule has 2 aromatic rings. The molecule has 3 heterocycles. The molecule has 3 aliphatic carbocycles. The van der Waals surface area contributed by atoms with Crippen LogP contribution in [-0.2, 0) is 11.3 Å². The number of carbonyl (C=O) groups excluding carboxylic acids is 2. The summed E-state index contributed by atoms with van der Waals surface area (Å²) in [5, 5.41) is 9.93. The number of fused-ring (bicyclic) bond motifs is 3. The highest BCUT2D eigenvalue weighted by atomic mass is 16.2. The highest BCUT2D eigenvalue weighted by molar-refractivity contribution is 6.01. The smallest absolute Gasteiger partial charge is 0.256 e. The predicted molar refractivity (Wildman–Crippen MR) is 111 cm³/mol. The molecule has 0 aromatic carbocycles. The minimum Gasteiger partial charge on any atom is -0.356 e. The maximum Gasteiger partial charge on any atom is 0.256 e. The van der Waals surface area contributed by atoms with E-state index in [1.807, 2.05) is 10.8 Å². The number of anilines is 1. The van der Waals surface area contributed by atoms with Crippen molar-refractivity contribution in [3.8, 4) is 0 Å². The van der Waals surface area contributed by atoms with E-state index in [0.29, 0.717) is 17.9 Å². The van der Waals surface area contributed by atoms with Gasteiger partial charge in [-0.2, -0.15) is 0 Å². The lowest BCUT2D eigenvalue weighted by molar-refractivity contribution is -0.139. The van der Waals surface area contributed by atoms with Gasteiger partial charge in [-0.25, -0.2) is 9.97 Å². The highest BCUT2D eigenvalue weighted by Gasteiger charge is 2.60. The van der Waals surface area contributed by atoms with Crippen molar-refractivity contribution >= 4 is 17.6 Å². The van der Waals surface area contributed by atoms with Crippen LogP contribution < -0.4 is 16.0 Å². The summed E-state index contributed by atoms with van der Waals surface area (Å²) in [7, 11) is 0. The minimum absolute atomic E-state index is 0.0287. The van der Waals surface area contributed by atoms with Crippen LogP contribution in [0.1, 0.15) is 49.4 Å². The van der Waals surface area contributed by atoms with Gasteiger partial charge >= 0.3 is 0 Å². The Bertz CT molecular complexity index is 960. The molecule has 4 unspecified atom stereocenters. The largest absolute Gasteiger partial charge is 0.356 e. The monoisotopic (exact) mass is 408 g/mol. The molecule has 8 heteroatoms. The number of pyridine rings is 1. The zero-order chi connectivity index (χ0) is 20.8. The van der Waals surface area contributed by atoms with E-state index in [-0.39, 0.29) is 29.1 Å². The molecule has 3 N–H and O–H groups in total. The first-order valence-corrected chi connectivity index (χ1v) is 10.8. The van der Waals surface area contributed by atoms with Gasteiger partial charge < -0.3 is 20.5 Å². The minimum atomic E-state index is -0.510. The van der Waals surface area contributed by atoms with Gasteiger partial charge in [-0.15, -0.1) is 0 Å². The van der Waals surface area contributed by atoms with Crippen molar-refractivity contribution in [1.82, 2.24) is 25.2 Å². The number of aromatic nitrogens is 3. The van der Waals surface area contributed by atoms with Gasteiger partial charge in [0.15, 0.2) is 0 Å². The summed E-state index contributed by atoms with van der Waals surface area (Å²) in [4.78, 5) is 34.2. The Balaban J connectivity index is 1.26. The Hall–Kier alpha value is -2.90. The van der Waals surface area contributed by atoms with E-state index in [9.17, 15) is 9.59 Å². The van der Waals surface area contributed by atoms with E-state index in [1.54, 1.807) is 30.9 Å². The van der Waals surface area contributed by atoms with Crippen molar-refractivity contribution < 1.29 is 9.59 Å². The van der Waals surface area contributed by atoms with Gasteiger partial charge in [0.05, 0.1) is 11.9 Å². The van der Waals surface area contributed by atoms with Crippen LogP contribution in [0.25, 0.3) is 0 Å². The maximum atomic E-state index is 13.0. The van der Waals surface area contributed by atoms with Crippen LogP contribution in [-0.4, -0.2) is 38.6 Å². The summed E-state index contributed by atoms with van der Waals surface area (Å²) in [6, 6.07) is 3.57. The predicted octanol–water partition coefficient (Wildman–Crippen LogP) is 2.16. The number of rotatable bonds is 5. The molecule has 2 amide bonds. The third-order valence-electron chi connectivity index (χ3n) is 7.30. The van der Waals surface area contributed by atoms with E-state index in [2.05, 4.69) is 32.8 Å². The van der Waals surface area contributed by atoms with Crippen molar-refractivity contribution in [2.75, 3.05) is 11.9 Å². The third kappa shape index (κ3) is 3.14. The molecule has 0 saturated heterocycles. The SMILES string of the molecule is CC12CCC(CC1C(=O)NCCCn1ccnc1)C1(C2)NC(=O)c2cccnc2N1. The number of hydrogen-bond acceptors (Lipinski definition) is 5. The second kappa shape index (κ2) is 7.11. The number of aryl methyl sites for hydroxylation is 1. The molecule has 4 atom stereocenters. The number of nitrogens with zero attached hydrogens (tertiary/aromatic N) is 3. The van der Waals surface area contributed by atoms with Gasteiger partial charge in [0.2, 0.25) is 5.91 Å². The lowest BCUT2D eigenvalue weighted by Crippen LogP contribution is -2.70. The average molecular weight is 409 g/mol. The molecule has 1 spiro atoms. The lowest BCUT2D eigenvalue weighted by Gasteiger charge is -2.60.